The van der Waals surface area contributed by atoms with Gasteiger partial charge in [-0.3, -0.25) is 4.57 Å². The molecule has 0 aliphatic carbocycles. The second-order valence-electron chi connectivity index (χ2n) is 7.59. The molecule has 4 rings (SSSR count). The molecule has 0 spiro atoms. The lowest BCUT2D eigenvalue weighted by Crippen LogP contribution is -2.06. The van der Waals surface area contributed by atoms with E-state index in [1.54, 1.807) is 48.5 Å². The first-order valence-corrected chi connectivity index (χ1v) is 12.7. The fourth-order valence-corrected chi connectivity index (χ4v) is 4.61. The molecular formula is C24H17Cl2F3N2O3S. The number of benzene rings is 3. The number of hydrogen-bond donors (Lipinski definition) is 0. The van der Waals surface area contributed by atoms with Crippen LogP contribution in [0.1, 0.15) is 11.5 Å². The third kappa shape index (κ3) is 5.63. The summed E-state index contributed by atoms with van der Waals surface area (Å²) in [6.45, 7) is -0.291. The fourth-order valence-electron chi connectivity index (χ4n) is 3.37. The third-order valence-corrected chi connectivity index (χ3v) is 6.79. The Labute approximate surface area is 209 Å². The minimum Gasteiger partial charge on any atom is -0.486 e. The molecule has 0 unspecified atom stereocenters. The number of halogens is 5. The van der Waals surface area contributed by atoms with Gasteiger partial charge in [-0.2, -0.15) is 13.2 Å². The predicted molar refractivity (Wildman–Crippen MR) is 128 cm³/mol. The highest BCUT2D eigenvalue weighted by molar-refractivity contribution is 7.90. The average molecular weight is 541 g/mol. The summed E-state index contributed by atoms with van der Waals surface area (Å²) in [6.07, 6.45) is -2.72. The van der Waals surface area contributed by atoms with Gasteiger partial charge < -0.3 is 4.74 Å². The second kappa shape index (κ2) is 9.56. The van der Waals surface area contributed by atoms with E-state index < -0.39 is 21.7 Å². The zero-order valence-corrected chi connectivity index (χ0v) is 20.4. The SMILES string of the molecule is CS(=O)(=O)c1cccc(-c2ccc(OCc3nc(C(F)(F)F)cn3-c3c(Cl)cccc3Cl)cc2)c1. The van der Waals surface area contributed by atoms with Gasteiger partial charge in [0.1, 0.15) is 12.4 Å². The lowest BCUT2D eigenvalue weighted by Gasteiger charge is -2.12. The fraction of sp³-hybridized carbons (Fsp3) is 0.125. The van der Waals surface area contributed by atoms with E-state index in [0.717, 1.165) is 18.0 Å². The van der Waals surface area contributed by atoms with Crippen molar-refractivity contribution in [3.8, 4) is 22.6 Å². The summed E-state index contributed by atoms with van der Waals surface area (Å²) in [5.41, 5.74) is 0.497. The van der Waals surface area contributed by atoms with Gasteiger partial charge in [0.05, 0.1) is 20.6 Å². The van der Waals surface area contributed by atoms with Crippen molar-refractivity contribution in [2.24, 2.45) is 0 Å². The molecule has 0 N–H and O–H groups in total. The van der Waals surface area contributed by atoms with Gasteiger partial charge in [-0.15, -0.1) is 0 Å². The molecular weight excluding hydrogens is 524 g/mol. The van der Waals surface area contributed by atoms with Gasteiger partial charge in [0.2, 0.25) is 0 Å². The summed E-state index contributed by atoms with van der Waals surface area (Å²) >= 11 is 12.4. The van der Waals surface area contributed by atoms with Crippen molar-refractivity contribution < 1.29 is 26.3 Å². The zero-order chi connectivity index (χ0) is 25.4. The van der Waals surface area contributed by atoms with Crippen LogP contribution in [0.3, 0.4) is 0 Å². The summed E-state index contributed by atoms with van der Waals surface area (Å²) in [5, 5.41) is 0.316. The lowest BCUT2D eigenvalue weighted by molar-refractivity contribution is -0.141. The van der Waals surface area contributed by atoms with Crippen LogP contribution in [0.25, 0.3) is 16.8 Å². The van der Waals surface area contributed by atoms with Gasteiger partial charge in [0.25, 0.3) is 0 Å². The topological polar surface area (TPSA) is 61.2 Å². The molecule has 182 valence electrons. The van der Waals surface area contributed by atoms with Gasteiger partial charge in [-0.1, -0.05) is 53.5 Å². The average Bonchev–Trinajstić information content (AvgIpc) is 3.22. The maximum absolute atomic E-state index is 13.3. The maximum atomic E-state index is 13.3. The molecule has 0 saturated heterocycles. The molecule has 0 bridgehead atoms. The Morgan fingerprint density at radius 1 is 0.943 bits per heavy atom. The Morgan fingerprint density at radius 2 is 1.57 bits per heavy atom. The molecule has 35 heavy (non-hydrogen) atoms. The van der Waals surface area contributed by atoms with Crippen LogP contribution in [-0.2, 0) is 22.6 Å². The zero-order valence-electron chi connectivity index (χ0n) is 18.1. The van der Waals surface area contributed by atoms with Crippen molar-refractivity contribution >= 4 is 33.0 Å². The van der Waals surface area contributed by atoms with Crippen LogP contribution >= 0.6 is 23.2 Å². The molecule has 0 fully saturated rings. The summed E-state index contributed by atoms with van der Waals surface area (Å²) < 4.78 is 70.5. The summed E-state index contributed by atoms with van der Waals surface area (Å²) in [7, 11) is -3.36. The van der Waals surface area contributed by atoms with Crippen molar-refractivity contribution in [1.82, 2.24) is 9.55 Å². The number of ether oxygens (including phenoxy) is 1. The van der Waals surface area contributed by atoms with E-state index in [2.05, 4.69) is 4.98 Å². The number of para-hydroxylation sites is 1. The minimum atomic E-state index is -4.67. The Kier molecular flexibility index (Phi) is 6.86. The van der Waals surface area contributed by atoms with Crippen LogP contribution in [0, 0.1) is 0 Å². The van der Waals surface area contributed by atoms with E-state index in [1.807, 2.05) is 0 Å². The molecule has 4 aromatic rings. The van der Waals surface area contributed by atoms with Gasteiger partial charge in [-0.25, -0.2) is 13.4 Å². The quantitative estimate of drug-likeness (QED) is 0.268. The van der Waals surface area contributed by atoms with Gasteiger partial charge >= 0.3 is 6.18 Å². The largest absolute Gasteiger partial charge is 0.486 e. The smallest absolute Gasteiger partial charge is 0.434 e. The number of sulfone groups is 1. The van der Waals surface area contributed by atoms with Crippen LogP contribution in [0.5, 0.6) is 5.75 Å². The number of rotatable bonds is 6. The first-order valence-electron chi connectivity index (χ1n) is 10.1. The first-order chi connectivity index (χ1) is 16.4. The highest BCUT2D eigenvalue weighted by Gasteiger charge is 2.35. The highest BCUT2D eigenvalue weighted by Crippen LogP contribution is 2.34. The third-order valence-electron chi connectivity index (χ3n) is 5.07. The number of imidazole rings is 1. The Hall–Kier alpha value is -3.01. The van der Waals surface area contributed by atoms with Crippen LogP contribution in [-0.4, -0.2) is 24.2 Å². The predicted octanol–water partition coefficient (Wildman–Crippen LogP) is 6.85. The Morgan fingerprint density at radius 3 is 2.17 bits per heavy atom. The van der Waals surface area contributed by atoms with Crippen molar-refractivity contribution in [3.63, 3.8) is 0 Å². The van der Waals surface area contributed by atoms with Crippen LogP contribution in [0.15, 0.2) is 77.8 Å². The molecule has 11 heteroatoms. The van der Waals surface area contributed by atoms with Crippen molar-refractivity contribution in [1.29, 1.82) is 0 Å². The van der Waals surface area contributed by atoms with Crippen molar-refractivity contribution in [2.75, 3.05) is 6.26 Å². The van der Waals surface area contributed by atoms with E-state index in [0.29, 0.717) is 11.3 Å². The van der Waals surface area contributed by atoms with E-state index in [1.165, 1.54) is 22.8 Å². The van der Waals surface area contributed by atoms with Crippen LogP contribution < -0.4 is 4.74 Å². The maximum Gasteiger partial charge on any atom is 0.434 e. The van der Waals surface area contributed by atoms with Gasteiger partial charge in [0, 0.05) is 12.5 Å². The molecule has 3 aromatic carbocycles. The molecule has 0 aliphatic heterocycles. The molecule has 1 aromatic heterocycles. The first kappa shape index (κ1) is 25.1. The summed E-state index contributed by atoms with van der Waals surface area (Å²) in [5.74, 6) is 0.332. The van der Waals surface area contributed by atoms with Crippen LogP contribution in [0.2, 0.25) is 10.0 Å². The van der Waals surface area contributed by atoms with Gasteiger partial charge in [0.15, 0.2) is 21.4 Å². The monoisotopic (exact) mass is 540 g/mol. The normalized spacial score (nSPS) is 12.1. The van der Waals surface area contributed by atoms with E-state index in [-0.39, 0.29) is 33.1 Å². The summed E-state index contributed by atoms with van der Waals surface area (Å²) in [6, 6.07) is 17.8. The molecule has 0 radical (unpaired) electrons. The second-order valence-corrected chi connectivity index (χ2v) is 10.4. The molecule has 0 aliphatic rings. The van der Waals surface area contributed by atoms with Crippen molar-refractivity contribution in [2.45, 2.75) is 17.7 Å². The number of aromatic nitrogens is 2. The van der Waals surface area contributed by atoms with E-state index >= 15 is 0 Å². The lowest BCUT2D eigenvalue weighted by atomic mass is 10.1. The van der Waals surface area contributed by atoms with E-state index in [4.69, 9.17) is 27.9 Å². The number of alkyl halides is 3. The molecule has 1 heterocycles. The molecule has 0 atom stereocenters. The van der Waals surface area contributed by atoms with Crippen molar-refractivity contribution in [3.05, 3.63) is 94.5 Å². The number of hydrogen-bond acceptors (Lipinski definition) is 4. The highest BCUT2D eigenvalue weighted by atomic mass is 35.5. The van der Waals surface area contributed by atoms with Crippen LogP contribution in [0.4, 0.5) is 13.2 Å². The Balaban J connectivity index is 1.60. The van der Waals surface area contributed by atoms with Gasteiger partial charge in [-0.05, 0) is 47.5 Å². The standard InChI is InChI=1S/C24H17Cl2F3N2O3S/c1-35(32,33)18-5-2-4-16(12-18)15-8-10-17(11-9-15)34-14-22-30-21(24(27,28)29)13-31(22)23-19(25)6-3-7-20(23)26/h2-13H,14H2,1H3. The minimum absolute atomic E-state index is 0.0442. The molecule has 5 nitrogen and oxygen atoms in total. The Bertz CT molecular complexity index is 1460. The van der Waals surface area contributed by atoms with E-state index in [9.17, 15) is 21.6 Å². The summed E-state index contributed by atoms with van der Waals surface area (Å²) in [4.78, 5) is 3.89. The number of nitrogens with zero attached hydrogens (tertiary/aromatic N) is 2. The molecule has 0 saturated carbocycles. The molecule has 0 amide bonds.